The van der Waals surface area contributed by atoms with Gasteiger partial charge in [-0.1, -0.05) is 12.1 Å². The molecular weight excluding hydrogens is 244 g/mol. The van der Waals surface area contributed by atoms with Crippen molar-refractivity contribution in [3.05, 3.63) is 51.7 Å². The second-order valence-electron chi connectivity index (χ2n) is 4.09. The molecule has 0 aliphatic carbocycles. The number of nitrogens with one attached hydrogen (secondary N) is 1. The van der Waals surface area contributed by atoms with Gasteiger partial charge in [0.05, 0.1) is 12.6 Å². The Labute approximate surface area is 112 Å². The van der Waals surface area contributed by atoms with Crippen molar-refractivity contribution >= 4 is 11.3 Å². The molecule has 1 aromatic carbocycles. The Morgan fingerprint density at radius 2 is 2.00 bits per heavy atom. The maximum Gasteiger partial charge on any atom is 0.119 e. The summed E-state index contributed by atoms with van der Waals surface area (Å²) in [6.07, 6.45) is 0. The van der Waals surface area contributed by atoms with Crippen LogP contribution in [0.25, 0.3) is 0 Å². The van der Waals surface area contributed by atoms with Crippen molar-refractivity contribution in [2.75, 3.05) is 6.61 Å². The van der Waals surface area contributed by atoms with E-state index in [-0.39, 0.29) is 6.04 Å². The van der Waals surface area contributed by atoms with Crippen LogP contribution in [0.4, 0.5) is 0 Å². The van der Waals surface area contributed by atoms with Gasteiger partial charge in [0.1, 0.15) is 5.75 Å². The molecule has 2 aromatic rings. The second-order valence-corrected chi connectivity index (χ2v) is 5.21. The summed E-state index contributed by atoms with van der Waals surface area (Å²) in [5.41, 5.74) is 5.20. The SMILES string of the molecule is CCOc1ccc(C(NN)c2csc(C)c2)cc1. The molecule has 0 aliphatic rings. The lowest BCUT2D eigenvalue weighted by molar-refractivity contribution is 0.340. The van der Waals surface area contributed by atoms with E-state index in [1.165, 1.54) is 10.4 Å². The number of thiophene rings is 1. The predicted molar refractivity (Wildman–Crippen MR) is 75.8 cm³/mol. The summed E-state index contributed by atoms with van der Waals surface area (Å²) in [7, 11) is 0. The van der Waals surface area contributed by atoms with Crippen molar-refractivity contribution in [2.24, 2.45) is 5.84 Å². The third-order valence-electron chi connectivity index (χ3n) is 2.78. The highest BCUT2D eigenvalue weighted by Crippen LogP contribution is 2.26. The van der Waals surface area contributed by atoms with E-state index < -0.39 is 0 Å². The second kappa shape index (κ2) is 6.00. The van der Waals surface area contributed by atoms with Gasteiger partial charge in [0, 0.05) is 4.88 Å². The monoisotopic (exact) mass is 262 g/mol. The van der Waals surface area contributed by atoms with E-state index >= 15 is 0 Å². The molecule has 0 radical (unpaired) electrons. The number of benzene rings is 1. The molecule has 0 amide bonds. The van der Waals surface area contributed by atoms with Gasteiger partial charge in [-0.25, -0.2) is 5.43 Å². The molecule has 0 bridgehead atoms. The van der Waals surface area contributed by atoms with E-state index in [9.17, 15) is 0 Å². The fourth-order valence-electron chi connectivity index (χ4n) is 1.92. The molecule has 0 spiro atoms. The summed E-state index contributed by atoms with van der Waals surface area (Å²) in [5, 5.41) is 2.14. The van der Waals surface area contributed by atoms with Gasteiger partial charge in [0.15, 0.2) is 0 Å². The average molecular weight is 262 g/mol. The van der Waals surface area contributed by atoms with Crippen LogP contribution in [0.1, 0.15) is 29.0 Å². The van der Waals surface area contributed by atoms with E-state index in [0.717, 1.165) is 11.3 Å². The van der Waals surface area contributed by atoms with Crippen molar-refractivity contribution in [3.63, 3.8) is 0 Å². The molecule has 0 saturated carbocycles. The first-order chi connectivity index (χ1) is 8.74. The summed E-state index contributed by atoms with van der Waals surface area (Å²) in [6, 6.07) is 10.2. The summed E-state index contributed by atoms with van der Waals surface area (Å²) >= 11 is 1.73. The summed E-state index contributed by atoms with van der Waals surface area (Å²) in [6.45, 7) is 4.76. The third kappa shape index (κ3) is 2.90. The van der Waals surface area contributed by atoms with Crippen LogP contribution in [0.5, 0.6) is 5.75 Å². The molecule has 0 aliphatic heterocycles. The lowest BCUT2D eigenvalue weighted by atomic mass is 10.0. The number of aryl methyl sites for hydroxylation is 1. The molecule has 3 nitrogen and oxygen atoms in total. The highest BCUT2D eigenvalue weighted by Gasteiger charge is 2.13. The molecule has 18 heavy (non-hydrogen) atoms. The Morgan fingerprint density at radius 1 is 1.28 bits per heavy atom. The van der Waals surface area contributed by atoms with Crippen molar-refractivity contribution in [1.29, 1.82) is 0 Å². The highest BCUT2D eigenvalue weighted by molar-refractivity contribution is 7.10. The van der Waals surface area contributed by atoms with Crippen LogP contribution in [0.3, 0.4) is 0 Å². The van der Waals surface area contributed by atoms with Gasteiger partial charge in [-0.3, -0.25) is 5.84 Å². The van der Waals surface area contributed by atoms with Crippen LogP contribution >= 0.6 is 11.3 Å². The average Bonchev–Trinajstić information content (AvgIpc) is 2.79. The molecule has 2 rings (SSSR count). The topological polar surface area (TPSA) is 47.3 Å². The summed E-state index contributed by atoms with van der Waals surface area (Å²) < 4.78 is 5.43. The van der Waals surface area contributed by atoms with Crippen molar-refractivity contribution < 1.29 is 4.74 Å². The van der Waals surface area contributed by atoms with Crippen molar-refractivity contribution in [2.45, 2.75) is 19.9 Å². The standard InChI is InChI=1S/C14H18N2OS/c1-3-17-13-6-4-11(5-7-13)14(16-15)12-8-10(2)18-9-12/h4-9,14,16H,3,15H2,1-2H3. The summed E-state index contributed by atoms with van der Waals surface area (Å²) in [4.78, 5) is 1.29. The van der Waals surface area contributed by atoms with Crippen LogP contribution in [-0.4, -0.2) is 6.61 Å². The molecule has 0 fully saturated rings. The van der Waals surface area contributed by atoms with Gasteiger partial charge >= 0.3 is 0 Å². The molecule has 96 valence electrons. The minimum Gasteiger partial charge on any atom is -0.494 e. The number of ether oxygens (including phenoxy) is 1. The zero-order valence-electron chi connectivity index (χ0n) is 10.6. The molecule has 1 atom stereocenters. The van der Waals surface area contributed by atoms with Crippen molar-refractivity contribution in [3.8, 4) is 5.75 Å². The van der Waals surface area contributed by atoms with Crippen molar-refractivity contribution in [1.82, 2.24) is 5.43 Å². The summed E-state index contributed by atoms with van der Waals surface area (Å²) in [5.74, 6) is 6.55. The van der Waals surface area contributed by atoms with Gasteiger partial charge in [0.25, 0.3) is 0 Å². The van der Waals surface area contributed by atoms with E-state index in [1.807, 2.05) is 31.2 Å². The van der Waals surface area contributed by atoms with Gasteiger partial charge in [0.2, 0.25) is 0 Å². The predicted octanol–water partition coefficient (Wildman–Crippen LogP) is 3.01. The van der Waals surface area contributed by atoms with E-state index in [4.69, 9.17) is 10.6 Å². The van der Waals surface area contributed by atoms with Crippen LogP contribution in [-0.2, 0) is 0 Å². The first-order valence-electron chi connectivity index (χ1n) is 5.98. The van der Waals surface area contributed by atoms with E-state index in [1.54, 1.807) is 11.3 Å². The molecule has 4 heteroatoms. The van der Waals surface area contributed by atoms with Crippen LogP contribution in [0, 0.1) is 6.92 Å². The Hall–Kier alpha value is -1.36. The first kappa shape index (κ1) is 13.1. The van der Waals surface area contributed by atoms with Gasteiger partial charge in [-0.15, -0.1) is 11.3 Å². The maximum absolute atomic E-state index is 5.67. The zero-order valence-corrected chi connectivity index (χ0v) is 11.5. The molecule has 1 aromatic heterocycles. The molecule has 1 unspecified atom stereocenters. The number of hydrazine groups is 1. The van der Waals surface area contributed by atoms with E-state index in [2.05, 4.69) is 23.8 Å². The number of rotatable bonds is 5. The largest absolute Gasteiger partial charge is 0.494 e. The Balaban J connectivity index is 2.22. The minimum absolute atomic E-state index is 0.0330. The Bertz CT molecular complexity index is 493. The number of hydrogen-bond donors (Lipinski definition) is 2. The zero-order chi connectivity index (χ0) is 13.0. The highest BCUT2D eigenvalue weighted by atomic mass is 32.1. The molecule has 3 N–H and O–H groups in total. The van der Waals surface area contributed by atoms with Gasteiger partial charge < -0.3 is 4.74 Å². The normalized spacial score (nSPS) is 12.4. The lowest BCUT2D eigenvalue weighted by Crippen LogP contribution is -2.28. The quantitative estimate of drug-likeness (QED) is 0.643. The Morgan fingerprint density at radius 3 is 2.50 bits per heavy atom. The minimum atomic E-state index is 0.0330. The lowest BCUT2D eigenvalue weighted by Gasteiger charge is -2.15. The van der Waals surface area contributed by atoms with Gasteiger partial charge in [-0.05, 0) is 48.6 Å². The van der Waals surface area contributed by atoms with E-state index in [0.29, 0.717) is 6.61 Å². The molecule has 1 heterocycles. The molecule has 0 saturated heterocycles. The van der Waals surface area contributed by atoms with Gasteiger partial charge in [-0.2, -0.15) is 0 Å². The maximum atomic E-state index is 5.67. The first-order valence-corrected chi connectivity index (χ1v) is 6.86. The fourth-order valence-corrected chi connectivity index (χ4v) is 2.65. The Kier molecular flexibility index (Phi) is 4.36. The molecular formula is C14H18N2OS. The smallest absolute Gasteiger partial charge is 0.119 e. The fraction of sp³-hybridized carbons (Fsp3) is 0.286. The van der Waals surface area contributed by atoms with Crippen LogP contribution in [0.2, 0.25) is 0 Å². The third-order valence-corrected chi connectivity index (χ3v) is 3.65. The number of nitrogens with two attached hydrogens (primary N) is 1. The van der Waals surface area contributed by atoms with Crippen LogP contribution in [0.15, 0.2) is 35.7 Å². The number of hydrogen-bond acceptors (Lipinski definition) is 4. The van der Waals surface area contributed by atoms with Crippen LogP contribution < -0.4 is 16.0 Å².